The number of carboxylic acids is 1. The van der Waals surface area contributed by atoms with E-state index in [-0.39, 0.29) is 18.2 Å². The van der Waals surface area contributed by atoms with Gasteiger partial charge in [0.15, 0.2) is 0 Å². The molecule has 2 heterocycles. The van der Waals surface area contributed by atoms with Crippen LogP contribution in [0.4, 0.5) is 4.39 Å². The average Bonchev–Trinajstić information content (AvgIpc) is 3.12. The van der Waals surface area contributed by atoms with Crippen molar-refractivity contribution in [3.05, 3.63) is 66.5 Å². The Labute approximate surface area is 185 Å². The van der Waals surface area contributed by atoms with Gasteiger partial charge in [-0.2, -0.15) is 0 Å². The minimum Gasteiger partial charge on any atom is -0.481 e. The second-order valence-corrected chi connectivity index (χ2v) is 7.84. The summed E-state index contributed by atoms with van der Waals surface area (Å²) in [7, 11) is 0. The third-order valence-corrected chi connectivity index (χ3v) is 4.89. The van der Waals surface area contributed by atoms with Crippen molar-refractivity contribution in [1.29, 1.82) is 0 Å². The zero-order valence-electron chi connectivity index (χ0n) is 17.9. The van der Waals surface area contributed by atoms with Crippen LogP contribution in [0, 0.1) is 5.82 Å². The van der Waals surface area contributed by atoms with Crippen molar-refractivity contribution < 1.29 is 24.5 Å². The molecule has 2 atom stereocenters. The molecule has 2 aromatic heterocycles. The van der Waals surface area contributed by atoms with Crippen molar-refractivity contribution >= 4 is 12.2 Å². The molecule has 0 saturated heterocycles. The first kappa shape index (κ1) is 23.3. The second-order valence-electron chi connectivity index (χ2n) is 7.84. The molecule has 168 valence electrons. The zero-order chi connectivity index (χ0) is 23.3. The highest BCUT2D eigenvalue weighted by Crippen LogP contribution is 2.35. The molecule has 1 aromatic carbocycles. The van der Waals surface area contributed by atoms with Crippen LogP contribution < -0.4 is 0 Å². The third-order valence-electron chi connectivity index (χ3n) is 4.89. The summed E-state index contributed by atoms with van der Waals surface area (Å²) in [6.45, 7) is 3.97. The van der Waals surface area contributed by atoms with E-state index in [1.54, 1.807) is 36.8 Å². The van der Waals surface area contributed by atoms with Crippen LogP contribution in [0.1, 0.15) is 38.4 Å². The fraction of sp³-hybridized carbons (Fsp3) is 0.292. The number of hydrogen-bond donors (Lipinski definition) is 3. The van der Waals surface area contributed by atoms with E-state index in [0.29, 0.717) is 11.4 Å². The highest BCUT2D eigenvalue weighted by molar-refractivity contribution is 5.80. The molecule has 0 aliphatic rings. The zero-order valence-corrected chi connectivity index (χ0v) is 17.9. The molecule has 0 aliphatic carbocycles. The molecule has 3 N–H and O–H groups in total. The molecule has 0 amide bonds. The largest absolute Gasteiger partial charge is 0.481 e. The van der Waals surface area contributed by atoms with Crippen molar-refractivity contribution in [2.45, 2.75) is 44.8 Å². The van der Waals surface area contributed by atoms with Crippen LogP contribution in [0.2, 0.25) is 0 Å². The lowest BCUT2D eigenvalue weighted by atomic mass is 10.1. The molecule has 0 spiro atoms. The summed E-state index contributed by atoms with van der Waals surface area (Å²) in [6.07, 6.45) is 3.72. The van der Waals surface area contributed by atoms with E-state index in [9.17, 15) is 19.4 Å². The summed E-state index contributed by atoms with van der Waals surface area (Å²) in [5.74, 6) is -0.743. The van der Waals surface area contributed by atoms with Crippen molar-refractivity contribution in [1.82, 2.24) is 14.5 Å². The average molecular weight is 439 g/mol. The normalized spacial score (nSPS) is 13.6. The SMILES string of the molecule is CC(C)c1nc(-c2cccnc2)c(-c2ccc(F)cc2)n1/C=C/[C@@H](O)C[C@@H](O)CC(=O)O. The van der Waals surface area contributed by atoms with Crippen molar-refractivity contribution in [2.24, 2.45) is 0 Å². The number of halogens is 1. The maximum Gasteiger partial charge on any atom is 0.305 e. The molecule has 0 unspecified atom stereocenters. The highest BCUT2D eigenvalue weighted by atomic mass is 19.1. The van der Waals surface area contributed by atoms with Crippen LogP contribution in [0.25, 0.3) is 28.7 Å². The second kappa shape index (κ2) is 10.3. The molecule has 7 nitrogen and oxygen atoms in total. The van der Waals surface area contributed by atoms with Gasteiger partial charge < -0.3 is 19.9 Å². The molecular formula is C24H26FN3O4. The van der Waals surface area contributed by atoms with Crippen molar-refractivity contribution in [3.63, 3.8) is 0 Å². The molecule has 0 saturated carbocycles. The number of benzene rings is 1. The molecule has 0 fully saturated rings. The van der Waals surface area contributed by atoms with E-state index < -0.39 is 24.6 Å². The van der Waals surface area contributed by atoms with E-state index in [0.717, 1.165) is 17.0 Å². The van der Waals surface area contributed by atoms with Crippen LogP contribution >= 0.6 is 0 Å². The van der Waals surface area contributed by atoms with Gasteiger partial charge in [0.05, 0.1) is 30.0 Å². The molecule has 3 rings (SSSR count). The van der Waals surface area contributed by atoms with Crippen LogP contribution in [0.5, 0.6) is 0 Å². The van der Waals surface area contributed by atoms with Gasteiger partial charge in [-0.05, 0) is 42.5 Å². The fourth-order valence-electron chi connectivity index (χ4n) is 3.42. The minimum absolute atomic E-state index is 0.0269. The Bertz CT molecular complexity index is 1080. The van der Waals surface area contributed by atoms with Gasteiger partial charge in [0, 0.05) is 42.1 Å². The fourth-order valence-corrected chi connectivity index (χ4v) is 3.42. The van der Waals surface area contributed by atoms with Crippen molar-refractivity contribution in [3.8, 4) is 22.5 Å². The molecule has 0 bridgehead atoms. The number of pyridine rings is 1. The van der Waals surface area contributed by atoms with Gasteiger partial charge in [0.2, 0.25) is 0 Å². The number of rotatable bonds is 9. The predicted molar refractivity (Wildman–Crippen MR) is 119 cm³/mol. The third kappa shape index (κ3) is 5.66. The number of aromatic nitrogens is 3. The number of carboxylic acid groups (broad SMARTS) is 1. The van der Waals surface area contributed by atoms with Gasteiger partial charge in [0.25, 0.3) is 0 Å². The van der Waals surface area contributed by atoms with E-state index in [4.69, 9.17) is 10.1 Å². The lowest BCUT2D eigenvalue weighted by Gasteiger charge is -2.13. The Balaban J connectivity index is 2.08. The molecule has 0 radical (unpaired) electrons. The Kier molecular flexibility index (Phi) is 7.50. The van der Waals surface area contributed by atoms with E-state index in [2.05, 4.69) is 4.98 Å². The van der Waals surface area contributed by atoms with Gasteiger partial charge in [-0.3, -0.25) is 9.78 Å². The molecule has 8 heteroatoms. The number of aliphatic carboxylic acids is 1. The molecule has 0 aliphatic heterocycles. The summed E-state index contributed by atoms with van der Waals surface area (Å²) in [6, 6.07) is 9.76. The van der Waals surface area contributed by atoms with E-state index in [1.165, 1.54) is 18.2 Å². The summed E-state index contributed by atoms with van der Waals surface area (Å²) < 4.78 is 15.4. The van der Waals surface area contributed by atoms with Gasteiger partial charge >= 0.3 is 5.97 Å². The smallest absolute Gasteiger partial charge is 0.305 e. The predicted octanol–water partition coefficient (Wildman–Crippen LogP) is 3.93. The summed E-state index contributed by atoms with van der Waals surface area (Å²) >= 11 is 0. The lowest BCUT2D eigenvalue weighted by Crippen LogP contribution is -2.19. The van der Waals surface area contributed by atoms with E-state index >= 15 is 0 Å². The van der Waals surface area contributed by atoms with Gasteiger partial charge in [-0.15, -0.1) is 0 Å². The number of nitrogens with zero attached hydrogens (tertiary/aromatic N) is 3. The Morgan fingerprint density at radius 1 is 1.16 bits per heavy atom. The van der Waals surface area contributed by atoms with Gasteiger partial charge in [-0.25, -0.2) is 9.37 Å². The molecule has 32 heavy (non-hydrogen) atoms. The summed E-state index contributed by atoms with van der Waals surface area (Å²) in [5, 5.41) is 28.9. The van der Waals surface area contributed by atoms with Crippen molar-refractivity contribution in [2.75, 3.05) is 0 Å². The number of aliphatic hydroxyl groups is 2. The first-order valence-corrected chi connectivity index (χ1v) is 10.3. The Morgan fingerprint density at radius 2 is 1.88 bits per heavy atom. The Morgan fingerprint density at radius 3 is 2.47 bits per heavy atom. The number of aliphatic hydroxyl groups excluding tert-OH is 2. The first-order valence-electron chi connectivity index (χ1n) is 10.3. The Hall–Kier alpha value is -3.36. The number of imidazole rings is 1. The van der Waals surface area contributed by atoms with Crippen LogP contribution in [-0.2, 0) is 4.79 Å². The quantitative estimate of drug-likeness (QED) is 0.466. The maximum absolute atomic E-state index is 13.6. The molecule has 3 aromatic rings. The lowest BCUT2D eigenvalue weighted by molar-refractivity contribution is -0.139. The van der Waals surface area contributed by atoms with Crippen LogP contribution in [0.3, 0.4) is 0 Å². The minimum atomic E-state index is -1.16. The number of carbonyl (C=O) groups is 1. The van der Waals surface area contributed by atoms with Crippen LogP contribution in [0.15, 0.2) is 54.9 Å². The van der Waals surface area contributed by atoms with E-state index in [1.807, 2.05) is 24.5 Å². The van der Waals surface area contributed by atoms with Crippen LogP contribution in [-0.4, -0.2) is 48.0 Å². The standard InChI is InChI=1S/C24H26FN3O4/c1-15(2)24-27-22(17-4-3-10-26-14-17)23(16-5-7-18(25)8-6-16)28(24)11-9-19(29)12-20(30)13-21(31)32/h3-11,14-15,19-20,29-30H,12-13H2,1-2H3,(H,31,32)/b11-9+/t19-,20-/m1/s1. The summed E-state index contributed by atoms with van der Waals surface area (Å²) in [5.41, 5.74) is 2.89. The molecular weight excluding hydrogens is 413 g/mol. The van der Waals surface area contributed by atoms with Gasteiger partial charge in [-0.1, -0.05) is 13.8 Å². The monoisotopic (exact) mass is 439 g/mol. The first-order chi connectivity index (χ1) is 15.3. The van der Waals surface area contributed by atoms with Gasteiger partial charge in [0.1, 0.15) is 11.6 Å². The highest BCUT2D eigenvalue weighted by Gasteiger charge is 2.21. The topological polar surface area (TPSA) is 108 Å². The number of hydrogen-bond acceptors (Lipinski definition) is 5. The maximum atomic E-state index is 13.6. The summed E-state index contributed by atoms with van der Waals surface area (Å²) in [4.78, 5) is 19.8.